The number of sulfonamides is 1. The molecule has 2 aromatic rings. The SMILES string of the molecule is COC(=O)c1ccc(Cn2nc(C)c(S(=O)(=O)N(C)C)c2C)cc1. The van der Waals surface area contributed by atoms with Gasteiger partial charge in [-0.05, 0) is 31.5 Å². The highest BCUT2D eigenvalue weighted by molar-refractivity contribution is 7.89. The fraction of sp³-hybridized carbons (Fsp3) is 0.375. The van der Waals surface area contributed by atoms with Crippen LogP contribution in [0.4, 0.5) is 0 Å². The van der Waals surface area contributed by atoms with Crippen molar-refractivity contribution in [2.45, 2.75) is 25.3 Å². The molecule has 130 valence electrons. The molecule has 8 heteroatoms. The van der Waals surface area contributed by atoms with E-state index in [-0.39, 0.29) is 4.90 Å². The summed E-state index contributed by atoms with van der Waals surface area (Å²) in [5.74, 6) is -0.396. The van der Waals surface area contributed by atoms with E-state index in [1.54, 1.807) is 42.8 Å². The average Bonchev–Trinajstić information content (AvgIpc) is 2.81. The maximum atomic E-state index is 12.4. The lowest BCUT2D eigenvalue weighted by atomic mass is 10.1. The number of carbonyl (C=O) groups is 1. The van der Waals surface area contributed by atoms with E-state index in [1.165, 1.54) is 25.5 Å². The van der Waals surface area contributed by atoms with Gasteiger partial charge in [-0.25, -0.2) is 17.5 Å². The fourth-order valence-electron chi connectivity index (χ4n) is 2.43. The van der Waals surface area contributed by atoms with Crippen LogP contribution >= 0.6 is 0 Å². The first kappa shape index (κ1) is 18.2. The molecule has 1 aromatic carbocycles. The molecule has 0 bridgehead atoms. The van der Waals surface area contributed by atoms with Crippen molar-refractivity contribution in [2.24, 2.45) is 0 Å². The highest BCUT2D eigenvalue weighted by Crippen LogP contribution is 2.22. The van der Waals surface area contributed by atoms with Crippen molar-refractivity contribution < 1.29 is 17.9 Å². The molecule has 24 heavy (non-hydrogen) atoms. The van der Waals surface area contributed by atoms with E-state index in [1.807, 2.05) is 0 Å². The second-order valence-electron chi connectivity index (χ2n) is 5.63. The topological polar surface area (TPSA) is 81.5 Å². The van der Waals surface area contributed by atoms with Crippen LogP contribution in [0.1, 0.15) is 27.3 Å². The van der Waals surface area contributed by atoms with Crippen molar-refractivity contribution in [3.8, 4) is 0 Å². The van der Waals surface area contributed by atoms with E-state index in [4.69, 9.17) is 0 Å². The third-order valence-electron chi connectivity index (χ3n) is 3.76. The summed E-state index contributed by atoms with van der Waals surface area (Å²) in [7, 11) is 0.784. The number of aryl methyl sites for hydroxylation is 1. The predicted octanol–water partition coefficient (Wildman–Crippen LogP) is 1.59. The molecule has 1 heterocycles. The Balaban J connectivity index is 2.34. The number of aromatic nitrogens is 2. The van der Waals surface area contributed by atoms with Gasteiger partial charge in [0.15, 0.2) is 0 Å². The largest absolute Gasteiger partial charge is 0.465 e. The van der Waals surface area contributed by atoms with Gasteiger partial charge in [0.2, 0.25) is 10.0 Å². The standard InChI is InChI=1S/C16H21N3O4S/c1-11-15(24(21,22)18(3)4)12(2)19(17-11)10-13-6-8-14(9-7-13)16(20)23-5/h6-9H,10H2,1-5H3. The quantitative estimate of drug-likeness (QED) is 0.764. The van der Waals surface area contributed by atoms with Crippen LogP contribution in [0.15, 0.2) is 29.2 Å². The third kappa shape index (κ3) is 3.34. The maximum absolute atomic E-state index is 12.4. The Hall–Kier alpha value is -2.19. The number of rotatable bonds is 5. The molecular weight excluding hydrogens is 330 g/mol. The lowest BCUT2D eigenvalue weighted by Crippen LogP contribution is -2.23. The lowest BCUT2D eigenvalue weighted by molar-refractivity contribution is 0.0600. The minimum atomic E-state index is -3.54. The molecule has 0 N–H and O–H groups in total. The van der Waals surface area contributed by atoms with Gasteiger partial charge in [-0.2, -0.15) is 5.10 Å². The van der Waals surface area contributed by atoms with E-state index >= 15 is 0 Å². The molecule has 0 unspecified atom stereocenters. The lowest BCUT2D eigenvalue weighted by Gasteiger charge is -2.12. The Morgan fingerprint density at radius 3 is 2.29 bits per heavy atom. The predicted molar refractivity (Wildman–Crippen MR) is 89.5 cm³/mol. The second-order valence-corrected chi connectivity index (χ2v) is 7.72. The van der Waals surface area contributed by atoms with Crippen LogP contribution in [0.2, 0.25) is 0 Å². The van der Waals surface area contributed by atoms with Crippen LogP contribution in [0.3, 0.4) is 0 Å². The Kier molecular flexibility index (Phi) is 5.10. The van der Waals surface area contributed by atoms with Gasteiger partial charge in [0, 0.05) is 14.1 Å². The number of hydrogen-bond donors (Lipinski definition) is 0. The third-order valence-corrected chi connectivity index (χ3v) is 5.83. The molecule has 0 spiro atoms. The van der Waals surface area contributed by atoms with Crippen LogP contribution in [0.5, 0.6) is 0 Å². The van der Waals surface area contributed by atoms with Gasteiger partial charge < -0.3 is 4.74 Å². The maximum Gasteiger partial charge on any atom is 0.337 e. The summed E-state index contributed by atoms with van der Waals surface area (Å²) in [4.78, 5) is 11.7. The van der Waals surface area contributed by atoms with Crippen LogP contribution < -0.4 is 0 Å². The minimum absolute atomic E-state index is 0.235. The Morgan fingerprint density at radius 1 is 1.21 bits per heavy atom. The molecule has 2 rings (SSSR count). The van der Waals surface area contributed by atoms with Gasteiger partial charge in [0.25, 0.3) is 0 Å². The number of ether oxygens (including phenoxy) is 1. The van der Waals surface area contributed by atoms with Crippen molar-refractivity contribution >= 4 is 16.0 Å². The van der Waals surface area contributed by atoms with Crippen molar-refractivity contribution in [3.05, 3.63) is 46.8 Å². The van der Waals surface area contributed by atoms with E-state index in [2.05, 4.69) is 9.84 Å². The van der Waals surface area contributed by atoms with E-state index < -0.39 is 16.0 Å². The van der Waals surface area contributed by atoms with E-state index in [0.29, 0.717) is 23.5 Å². The Morgan fingerprint density at radius 2 is 1.79 bits per heavy atom. The van der Waals surface area contributed by atoms with Crippen LogP contribution in [0, 0.1) is 13.8 Å². The van der Waals surface area contributed by atoms with Crippen LogP contribution in [-0.2, 0) is 21.3 Å². The molecule has 0 saturated heterocycles. The summed E-state index contributed by atoms with van der Waals surface area (Å²) in [6, 6.07) is 6.93. The average molecular weight is 351 g/mol. The molecule has 7 nitrogen and oxygen atoms in total. The van der Waals surface area contributed by atoms with Gasteiger partial charge in [-0.3, -0.25) is 4.68 Å². The highest BCUT2D eigenvalue weighted by atomic mass is 32.2. The van der Waals surface area contributed by atoms with Crippen molar-refractivity contribution in [2.75, 3.05) is 21.2 Å². The normalized spacial score (nSPS) is 11.8. The molecule has 0 amide bonds. The first-order chi connectivity index (χ1) is 11.2. The van der Waals surface area contributed by atoms with Crippen molar-refractivity contribution in [1.29, 1.82) is 0 Å². The number of esters is 1. The summed E-state index contributed by atoms with van der Waals surface area (Å²) in [6.45, 7) is 3.83. The summed E-state index contributed by atoms with van der Waals surface area (Å²) in [6.07, 6.45) is 0. The summed E-state index contributed by atoms with van der Waals surface area (Å²) in [5, 5.41) is 4.35. The summed E-state index contributed by atoms with van der Waals surface area (Å²) < 4.78 is 32.3. The summed E-state index contributed by atoms with van der Waals surface area (Å²) >= 11 is 0. The minimum Gasteiger partial charge on any atom is -0.465 e. The van der Waals surface area contributed by atoms with E-state index in [9.17, 15) is 13.2 Å². The van der Waals surface area contributed by atoms with Crippen molar-refractivity contribution in [1.82, 2.24) is 14.1 Å². The molecule has 0 aliphatic carbocycles. The second kappa shape index (κ2) is 6.74. The Labute approximate surface area is 141 Å². The number of benzene rings is 1. The zero-order valence-electron chi connectivity index (χ0n) is 14.4. The molecule has 1 aromatic heterocycles. The first-order valence-corrected chi connectivity index (χ1v) is 8.76. The van der Waals surface area contributed by atoms with Gasteiger partial charge in [-0.15, -0.1) is 0 Å². The molecule has 0 aliphatic rings. The molecule has 0 fully saturated rings. The molecule has 0 saturated carbocycles. The van der Waals surface area contributed by atoms with Gasteiger partial charge >= 0.3 is 5.97 Å². The molecular formula is C16H21N3O4S. The number of carbonyl (C=O) groups excluding carboxylic acids is 1. The van der Waals surface area contributed by atoms with E-state index in [0.717, 1.165) is 5.56 Å². The zero-order valence-corrected chi connectivity index (χ0v) is 15.2. The number of hydrogen-bond acceptors (Lipinski definition) is 5. The van der Waals surface area contributed by atoms with Gasteiger partial charge in [-0.1, -0.05) is 12.1 Å². The van der Waals surface area contributed by atoms with Gasteiger partial charge in [0.05, 0.1) is 30.6 Å². The monoisotopic (exact) mass is 351 g/mol. The highest BCUT2D eigenvalue weighted by Gasteiger charge is 2.26. The first-order valence-electron chi connectivity index (χ1n) is 7.32. The fourth-order valence-corrected chi connectivity index (χ4v) is 3.69. The number of methoxy groups -OCH3 is 1. The van der Waals surface area contributed by atoms with Crippen LogP contribution in [0.25, 0.3) is 0 Å². The number of nitrogens with zero attached hydrogens (tertiary/aromatic N) is 3. The summed E-state index contributed by atoms with van der Waals surface area (Å²) in [5.41, 5.74) is 2.41. The van der Waals surface area contributed by atoms with Gasteiger partial charge in [0.1, 0.15) is 4.90 Å². The zero-order chi connectivity index (χ0) is 18.1. The van der Waals surface area contributed by atoms with Crippen LogP contribution in [-0.4, -0.2) is 49.7 Å². The smallest absolute Gasteiger partial charge is 0.337 e. The molecule has 0 aliphatic heterocycles. The Bertz CT molecular complexity index is 852. The molecule has 0 atom stereocenters. The molecule has 0 radical (unpaired) electrons. The van der Waals surface area contributed by atoms with Crippen molar-refractivity contribution in [3.63, 3.8) is 0 Å².